The lowest BCUT2D eigenvalue weighted by Gasteiger charge is -2.23. The Morgan fingerprint density at radius 2 is 1.33 bits per heavy atom. The minimum Gasteiger partial charge on any atom is -0.462 e. The van der Waals surface area contributed by atoms with Gasteiger partial charge in [0.2, 0.25) is 0 Å². The Labute approximate surface area is 197 Å². The number of benzene rings is 1. The van der Waals surface area contributed by atoms with Gasteiger partial charge in [-0.3, -0.25) is 0 Å². The zero-order valence-corrected chi connectivity index (χ0v) is 19.9. The molecule has 182 valence electrons. The summed E-state index contributed by atoms with van der Waals surface area (Å²) in [4.78, 5) is 38.5. The Morgan fingerprint density at radius 1 is 0.727 bits per heavy atom. The molecule has 0 heterocycles. The van der Waals surface area contributed by atoms with Gasteiger partial charge in [-0.15, -0.1) is 0 Å². The number of esters is 3. The number of rotatable bonds is 10. The van der Waals surface area contributed by atoms with Crippen LogP contribution >= 0.6 is 0 Å². The van der Waals surface area contributed by atoms with Crippen LogP contribution in [0.4, 0.5) is 0 Å². The molecule has 1 aromatic carbocycles. The first-order valence-electron chi connectivity index (χ1n) is 12.8. The van der Waals surface area contributed by atoms with Gasteiger partial charge in [0.05, 0.1) is 23.3 Å². The zero-order valence-electron chi connectivity index (χ0n) is 19.9. The van der Waals surface area contributed by atoms with Gasteiger partial charge in [0.15, 0.2) is 0 Å². The Balaban J connectivity index is 1.73. The van der Waals surface area contributed by atoms with Crippen molar-refractivity contribution >= 4 is 17.9 Å². The van der Waals surface area contributed by atoms with E-state index in [0.717, 1.165) is 83.5 Å². The Bertz CT molecular complexity index is 790. The smallest absolute Gasteiger partial charge is 0.339 e. The molecule has 1 aromatic rings. The van der Waals surface area contributed by atoms with Crippen molar-refractivity contribution in [3.05, 3.63) is 34.9 Å². The third kappa shape index (κ3) is 7.86. The maximum absolute atomic E-state index is 13.0. The number of carbonyl (C=O) groups excluding carboxylic acids is 3. The molecule has 0 aliphatic heterocycles. The number of hydrogen-bond acceptors (Lipinski definition) is 6. The van der Waals surface area contributed by atoms with E-state index in [9.17, 15) is 14.4 Å². The fourth-order valence-corrected chi connectivity index (χ4v) is 4.59. The summed E-state index contributed by atoms with van der Waals surface area (Å²) < 4.78 is 16.8. The second-order valence-corrected chi connectivity index (χ2v) is 9.29. The van der Waals surface area contributed by atoms with Gasteiger partial charge < -0.3 is 14.2 Å². The van der Waals surface area contributed by atoms with E-state index in [1.54, 1.807) is 0 Å². The molecular formula is C27H38O6. The standard InChI is InChI=1S/C27H38O6/c1-2-3-4-11-18-31-26(29)23-17-16-20(25(28)32-21-12-7-5-8-13-21)19-24(23)27(30)33-22-14-9-6-10-15-22/h16-17,19,21-22H,2-15,18H2,1H3. The van der Waals surface area contributed by atoms with Crippen molar-refractivity contribution in [1.29, 1.82) is 0 Å². The normalized spacial score (nSPS) is 17.4. The van der Waals surface area contributed by atoms with Crippen LogP contribution in [0.25, 0.3) is 0 Å². The molecule has 0 unspecified atom stereocenters. The summed E-state index contributed by atoms with van der Waals surface area (Å²) in [7, 11) is 0. The van der Waals surface area contributed by atoms with Crippen LogP contribution in [0.15, 0.2) is 18.2 Å². The molecule has 6 heteroatoms. The van der Waals surface area contributed by atoms with Gasteiger partial charge in [-0.2, -0.15) is 0 Å². The van der Waals surface area contributed by atoms with Crippen LogP contribution < -0.4 is 0 Å². The molecule has 2 aliphatic rings. The van der Waals surface area contributed by atoms with E-state index in [1.807, 2.05) is 0 Å². The molecule has 2 saturated carbocycles. The molecule has 0 N–H and O–H groups in total. The van der Waals surface area contributed by atoms with E-state index in [2.05, 4.69) is 6.92 Å². The molecule has 6 nitrogen and oxygen atoms in total. The highest BCUT2D eigenvalue weighted by atomic mass is 16.6. The minimum absolute atomic E-state index is 0.0808. The summed E-state index contributed by atoms with van der Waals surface area (Å²) in [6.07, 6.45) is 13.6. The SMILES string of the molecule is CCCCCCOC(=O)c1ccc(C(=O)OC2CCCCC2)cc1C(=O)OC1CCCCC1. The second kappa shape index (κ2) is 13.4. The summed E-state index contributed by atoms with van der Waals surface area (Å²) in [6, 6.07) is 4.46. The van der Waals surface area contributed by atoms with Gasteiger partial charge in [-0.1, -0.05) is 39.0 Å². The van der Waals surface area contributed by atoms with Crippen molar-refractivity contribution in [3.63, 3.8) is 0 Å². The highest BCUT2D eigenvalue weighted by molar-refractivity contribution is 6.05. The van der Waals surface area contributed by atoms with E-state index >= 15 is 0 Å². The lowest BCUT2D eigenvalue weighted by atomic mass is 9.97. The molecule has 0 atom stereocenters. The first kappa shape index (κ1) is 25.3. The number of ether oxygens (including phenoxy) is 3. The summed E-state index contributed by atoms with van der Waals surface area (Å²) >= 11 is 0. The average Bonchev–Trinajstić information content (AvgIpc) is 2.84. The summed E-state index contributed by atoms with van der Waals surface area (Å²) in [5, 5.41) is 0. The fraction of sp³-hybridized carbons (Fsp3) is 0.667. The topological polar surface area (TPSA) is 78.9 Å². The van der Waals surface area contributed by atoms with Crippen LogP contribution in [0.3, 0.4) is 0 Å². The summed E-state index contributed by atoms with van der Waals surface area (Å²) in [6.45, 7) is 2.43. The Morgan fingerprint density at radius 3 is 1.94 bits per heavy atom. The molecule has 0 amide bonds. The molecule has 0 radical (unpaired) electrons. The van der Waals surface area contributed by atoms with E-state index in [1.165, 1.54) is 24.6 Å². The van der Waals surface area contributed by atoms with Gasteiger partial charge in [0.25, 0.3) is 0 Å². The highest BCUT2D eigenvalue weighted by Gasteiger charge is 2.26. The van der Waals surface area contributed by atoms with Crippen LogP contribution in [0.2, 0.25) is 0 Å². The second-order valence-electron chi connectivity index (χ2n) is 9.29. The lowest BCUT2D eigenvalue weighted by molar-refractivity contribution is 0.0202. The molecule has 0 bridgehead atoms. The van der Waals surface area contributed by atoms with Gasteiger partial charge in [-0.25, -0.2) is 14.4 Å². The molecule has 0 spiro atoms. The van der Waals surface area contributed by atoms with E-state index in [4.69, 9.17) is 14.2 Å². The number of hydrogen-bond donors (Lipinski definition) is 0. The maximum atomic E-state index is 13.0. The molecule has 2 fully saturated rings. The van der Waals surface area contributed by atoms with Crippen molar-refractivity contribution < 1.29 is 28.6 Å². The average molecular weight is 459 g/mol. The molecule has 0 aromatic heterocycles. The monoisotopic (exact) mass is 458 g/mol. The largest absolute Gasteiger partial charge is 0.462 e. The van der Waals surface area contributed by atoms with Crippen molar-refractivity contribution in [2.24, 2.45) is 0 Å². The predicted octanol–water partition coefficient (Wildman–Crippen LogP) is 6.40. The van der Waals surface area contributed by atoms with Crippen LogP contribution in [-0.2, 0) is 14.2 Å². The van der Waals surface area contributed by atoms with E-state index in [-0.39, 0.29) is 28.9 Å². The van der Waals surface area contributed by atoms with Gasteiger partial charge >= 0.3 is 17.9 Å². The third-order valence-corrected chi connectivity index (χ3v) is 6.58. The fourth-order valence-electron chi connectivity index (χ4n) is 4.59. The molecule has 3 rings (SSSR count). The minimum atomic E-state index is -0.577. The zero-order chi connectivity index (χ0) is 23.5. The van der Waals surface area contributed by atoms with E-state index in [0.29, 0.717) is 6.61 Å². The maximum Gasteiger partial charge on any atom is 0.339 e. The van der Waals surface area contributed by atoms with Gasteiger partial charge in [0, 0.05) is 0 Å². The van der Waals surface area contributed by atoms with Crippen LogP contribution in [-0.4, -0.2) is 36.7 Å². The highest BCUT2D eigenvalue weighted by Crippen LogP contribution is 2.25. The Kier molecular flexibility index (Phi) is 10.2. The van der Waals surface area contributed by atoms with Crippen molar-refractivity contribution in [2.75, 3.05) is 6.61 Å². The molecule has 33 heavy (non-hydrogen) atoms. The third-order valence-electron chi connectivity index (χ3n) is 6.58. The predicted molar refractivity (Wildman–Crippen MR) is 125 cm³/mol. The molecule has 2 aliphatic carbocycles. The quantitative estimate of drug-likeness (QED) is 0.229. The number of carbonyl (C=O) groups is 3. The first-order valence-corrected chi connectivity index (χ1v) is 12.8. The van der Waals surface area contributed by atoms with E-state index < -0.39 is 17.9 Å². The van der Waals surface area contributed by atoms with Crippen molar-refractivity contribution in [3.8, 4) is 0 Å². The molecular weight excluding hydrogens is 420 g/mol. The van der Waals surface area contributed by atoms with Crippen LogP contribution in [0.1, 0.15) is 128 Å². The van der Waals surface area contributed by atoms with Crippen molar-refractivity contribution in [2.45, 2.75) is 109 Å². The van der Waals surface area contributed by atoms with Gasteiger partial charge in [-0.05, 0) is 76.0 Å². The number of unbranched alkanes of at least 4 members (excludes halogenated alkanes) is 3. The summed E-state index contributed by atoms with van der Waals surface area (Å²) in [5.74, 6) is -1.60. The Hall–Kier alpha value is -2.37. The van der Waals surface area contributed by atoms with Crippen LogP contribution in [0.5, 0.6) is 0 Å². The van der Waals surface area contributed by atoms with Crippen molar-refractivity contribution in [1.82, 2.24) is 0 Å². The lowest BCUT2D eigenvalue weighted by Crippen LogP contribution is -2.24. The van der Waals surface area contributed by atoms with Crippen LogP contribution in [0, 0.1) is 0 Å². The summed E-state index contributed by atoms with van der Waals surface area (Å²) in [5.41, 5.74) is 0.480. The molecule has 0 saturated heterocycles. The van der Waals surface area contributed by atoms with Gasteiger partial charge in [0.1, 0.15) is 12.2 Å². The first-order chi connectivity index (χ1) is 16.1.